The second kappa shape index (κ2) is 4.09. The SMILES string of the molecule is O=C1CCNCC(C2CCCC2)N1. The molecule has 74 valence electrons. The third-order valence-corrected chi connectivity index (χ3v) is 3.21. The molecule has 0 aromatic carbocycles. The highest BCUT2D eigenvalue weighted by molar-refractivity contribution is 5.76. The molecule has 1 saturated carbocycles. The zero-order chi connectivity index (χ0) is 9.10. The van der Waals surface area contributed by atoms with Gasteiger partial charge in [-0.15, -0.1) is 0 Å². The Labute approximate surface area is 79.3 Å². The van der Waals surface area contributed by atoms with Crippen LogP contribution in [-0.2, 0) is 4.79 Å². The van der Waals surface area contributed by atoms with Crippen molar-refractivity contribution in [3.63, 3.8) is 0 Å². The van der Waals surface area contributed by atoms with Gasteiger partial charge in [-0.3, -0.25) is 4.79 Å². The van der Waals surface area contributed by atoms with Crippen molar-refractivity contribution in [3.05, 3.63) is 0 Å². The standard InChI is InChI=1S/C10H18N2O/c13-10-5-6-11-7-9(12-10)8-3-1-2-4-8/h8-9,11H,1-7H2,(H,12,13). The first-order valence-corrected chi connectivity index (χ1v) is 5.36. The fourth-order valence-corrected chi connectivity index (χ4v) is 2.43. The van der Waals surface area contributed by atoms with E-state index >= 15 is 0 Å². The first-order chi connectivity index (χ1) is 6.36. The van der Waals surface area contributed by atoms with Crippen LogP contribution in [0.5, 0.6) is 0 Å². The van der Waals surface area contributed by atoms with E-state index in [1.54, 1.807) is 0 Å². The van der Waals surface area contributed by atoms with Crippen LogP contribution in [0.4, 0.5) is 0 Å². The van der Waals surface area contributed by atoms with Crippen LogP contribution < -0.4 is 10.6 Å². The van der Waals surface area contributed by atoms with Crippen molar-refractivity contribution in [1.29, 1.82) is 0 Å². The van der Waals surface area contributed by atoms with Crippen molar-refractivity contribution in [2.45, 2.75) is 38.1 Å². The molecular formula is C10H18N2O. The van der Waals surface area contributed by atoms with Crippen LogP contribution in [0.3, 0.4) is 0 Å². The zero-order valence-electron chi connectivity index (χ0n) is 8.01. The van der Waals surface area contributed by atoms with Gasteiger partial charge in [0.1, 0.15) is 0 Å². The van der Waals surface area contributed by atoms with Gasteiger partial charge in [0.05, 0.1) is 0 Å². The summed E-state index contributed by atoms with van der Waals surface area (Å²) < 4.78 is 0. The minimum Gasteiger partial charge on any atom is -0.352 e. The van der Waals surface area contributed by atoms with Crippen LogP contribution in [0.25, 0.3) is 0 Å². The van der Waals surface area contributed by atoms with Crippen molar-refractivity contribution < 1.29 is 4.79 Å². The van der Waals surface area contributed by atoms with Gasteiger partial charge in [0.25, 0.3) is 0 Å². The molecule has 1 heterocycles. The molecule has 1 unspecified atom stereocenters. The summed E-state index contributed by atoms with van der Waals surface area (Å²) in [4.78, 5) is 11.3. The van der Waals surface area contributed by atoms with Gasteiger partial charge >= 0.3 is 0 Å². The number of rotatable bonds is 1. The smallest absolute Gasteiger partial charge is 0.221 e. The molecule has 1 saturated heterocycles. The van der Waals surface area contributed by atoms with E-state index in [2.05, 4.69) is 10.6 Å². The van der Waals surface area contributed by atoms with E-state index in [0.29, 0.717) is 12.5 Å². The maximum absolute atomic E-state index is 11.3. The Hall–Kier alpha value is -0.570. The van der Waals surface area contributed by atoms with Gasteiger partial charge in [-0.05, 0) is 18.8 Å². The average molecular weight is 182 g/mol. The third kappa shape index (κ3) is 2.21. The Bertz CT molecular complexity index is 187. The molecule has 0 bridgehead atoms. The maximum Gasteiger partial charge on any atom is 0.221 e. The number of hydrogen-bond donors (Lipinski definition) is 2. The summed E-state index contributed by atoms with van der Waals surface area (Å²) in [6.07, 6.45) is 5.93. The van der Waals surface area contributed by atoms with Crippen molar-refractivity contribution in [2.75, 3.05) is 13.1 Å². The van der Waals surface area contributed by atoms with Crippen molar-refractivity contribution in [3.8, 4) is 0 Å². The molecule has 2 fully saturated rings. The molecule has 1 atom stereocenters. The molecule has 0 radical (unpaired) electrons. The van der Waals surface area contributed by atoms with Gasteiger partial charge < -0.3 is 10.6 Å². The molecule has 2 aliphatic rings. The first-order valence-electron chi connectivity index (χ1n) is 5.36. The monoisotopic (exact) mass is 182 g/mol. The number of amides is 1. The van der Waals surface area contributed by atoms with Crippen LogP contribution in [0.2, 0.25) is 0 Å². The highest BCUT2D eigenvalue weighted by Crippen LogP contribution is 2.27. The zero-order valence-corrected chi connectivity index (χ0v) is 8.01. The normalized spacial score (nSPS) is 31.4. The predicted octanol–water partition coefficient (Wildman–Crippen LogP) is 0.655. The molecule has 0 spiro atoms. The summed E-state index contributed by atoms with van der Waals surface area (Å²) in [7, 11) is 0. The molecule has 0 aromatic heterocycles. The van der Waals surface area contributed by atoms with E-state index in [0.717, 1.165) is 19.0 Å². The molecule has 1 aliphatic heterocycles. The summed E-state index contributed by atoms with van der Waals surface area (Å²) >= 11 is 0. The summed E-state index contributed by atoms with van der Waals surface area (Å²) in [6.45, 7) is 1.81. The molecule has 1 aliphatic carbocycles. The number of carbonyl (C=O) groups is 1. The van der Waals surface area contributed by atoms with Crippen LogP contribution >= 0.6 is 0 Å². The molecule has 0 aromatic rings. The third-order valence-electron chi connectivity index (χ3n) is 3.21. The van der Waals surface area contributed by atoms with E-state index in [1.165, 1.54) is 25.7 Å². The molecule has 3 nitrogen and oxygen atoms in total. The number of carbonyl (C=O) groups excluding carboxylic acids is 1. The molecular weight excluding hydrogens is 164 g/mol. The Morgan fingerprint density at radius 2 is 2.00 bits per heavy atom. The highest BCUT2D eigenvalue weighted by Gasteiger charge is 2.27. The molecule has 1 amide bonds. The number of nitrogens with one attached hydrogen (secondary N) is 2. The summed E-state index contributed by atoms with van der Waals surface area (Å²) in [5.41, 5.74) is 0. The lowest BCUT2D eigenvalue weighted by Crippen LogP contribution is -2.42. The van der Waals surface area contributed by atoms with Gasteiger partial charge in [-0.2, -0.15) is 0 Å². The van der Waals surface area contributed by atoms with Crippen LogP contribution in [-0.4, -0.2) is 25.0 Å². The van der Waals surface area contributed by atoms with Crippen molar-refractivity contribution in [2.24, 2.45) is 5.92 Å². The number of hydrogen-bond acceptors (Lipinski definition) is 2. The fourth-order valence-electron chi connectivity index (χ4n) is 2.43. The van der Waals surface area contributed by atoms with Crippen LogP contribution in [0.1, 0.15) is 32.1 Å². The van der Waals surface area contributed by atoms with E-state index in [-0.39, 0.29) is 5.91 Å². The van der Waals surface area contributed by atoms with Crippen molar-refractivity contribution >= 4 is 5.91 Å². The van der Waals surface area contributed by atoms with Crippen LogP contribution in [0, 0.1) is 5.92 Å². The van der Waals surface area contributed by atoms with Gasteiger partial charge in [-0.1, -0.05) is 12.8 Å². The molecule has 2 N–H and O–H groups in total. The summed E-state index contributed by atoms with van der Waals surface area (Å²) in [5.74, 6) is 0.955. The van der Waals surface area contributed by atoms with E-state index in [1.807, 2.05) is 0 Å². The maximum atomic E-state index is 11.3. The lowest BCUT2D eigenvalue weighted by atomic mass is 9.98. The Morgan fingerprint density at radius 1 is 1.23 bits per heavy atom. The summed E-state index contributed by atoms with van der Waals surface area (Å²) in [6, 6.07) is 0.400. The van der Waals surface area contributed by atoms with E-state index < -0.39 is 0 Å². The lowest BCUT2D eigenvalue weighted by molar-refractivity contribution is -0.121. The van der Waals surface area contributed by atoms with Crippen molar-refractivity contribution in [1.82, 2.24) is 10.6 Å². The van der Waals surface area contributed by atoms with Gasteiger partial charge in [0, 0.05) is 25.6 Å². The van der Waals surface area contributed by atoms with E-state index in [4.69, 9.17) is 0 Å². The van der Waals surface area contributed by atoms with Gasteiger partial charge in [0.2, 0.25) is 5.91 Å². The second-order valence-corrected chi connectivity index (χ2v) is 4.17. The summed E-state index contributed by atoms with van der Waals surface area (Å²) in [5, 5.41) is 6.44. The largest absolute Gasteiger partial charge is 0.352 e. The topological polar surface area (TPSA) is 41.1 Å². The molecule has 13 heavy (non-hydrogen) atoms. The van der Waals surface area contributed by atoms with E-state index in [9.17, 15) is 4.79 Å². The fraction of sp³-hybridized carbons (Fsp3) is 0.900. The molecule has 2 rings (SSSR count). The predicted molar refractivity (Wildman–Crippen MR) is 51.4 cm³/mol. The quantitative estimate of drug-likeness (QED) is 0.625. The Kier molecular flexibility index (Phi) is 2.83. The molecule has 3 heteroatoms. The average Bonchev–Trinajstić information content (AvgIpc) is 2.56. The Balaban J connectivity index is 1.92. The second-order valence-electron chi connectivity index (χ2n) is 4.17. The van der Waals surface area contributed by atoms with Gasteiger partial charge in [-0.25, -0.2) is 0 Å². The lowest BCUT2D eigenvalue weighted by Gasteiger charge is -2.22. The minimum absolute atomic E-state index is 0.224. The first kappa shape index (κ1) is 9.00. The minimum atomic E-state index is 0.224. The van der Waals surface area contributed by atoms with Gasteiger partial charge in [0.15, 0.2) is 0 Å². The highest BCUT2D eigenvalue weighted by atomic mass is 16.1. The van der Waals surface area contributed by atoms with Crippen LogP contribution in [0.15, 0.2) is 0 Å². The Morgan fingerprint density at radius 3 is 2.77 bits per heavy atom.